The lowest BCUT2D eigenvalue weighted by atomic mass is 9.93. The van der Waals surface area contributed by atoms with Crippen molar-refractivity contribution in [2.45, 2.75) is 33.6 Å². The Bertz CT molecular complexity index is 437. The van der Waals surface area contributed by atoms with Gasteiger partial charge in [-0.2, -0.15) is 0 Å². The molecule has 1 aliphatic rings. The van der Waals surface area contributed by atoms with Gasteiger partial charge in [0.25, 0.3) is 0 Å². The molecule has 1 aromatic carbocycles. The molecule has 0 atom stereocenters. The van der Waals surface area contributed by atoms with Gasteiger partial charge in [0.05, 0.1) is 0 Å². The van der Waals surface area contributed by atoms with Crippen molar-refractivity contribution in [1.29, 1.82) is 0 Å². The summed E-state index contributed by atoms with van der Waals surface area (Å²) in [5.74, 6) is 1.08. The molecule has 1 aromatic rings. The van der Waals surface area contributed by atoms with Crippen LogP contribution in [0.25, 0.3) is 0 Å². The molecule has 0 bridgehead atoms. The van der Waals surface area contributed by atoms with Gasteiger partial charge in [-0.3, -0.25) is 4.99 Å². The van der Waals surface area contributed by atoms with Crippen LogP contribution in [0.15, 0.2) is 35.3 Å². The fourth-order valence-electron chi connectivity index (χ4n) is 2.65. The monoisotopic (exact) mass is 273 g/mol. The Hall–Kier alpha value is -1.51. The summed E-state index contributed by atoms with van der Waals surface area (Å²) in [4.78, 5) is 7.19. The van der Waals surface area contributed by atoms with Crippen LogP contribution in [0.5, 0.6) is 0 Å². The second kappa shape index (κ2) is 6.78. The highest BCUT2D eigenvalue weighted by Crippen LogP contribution is 2.28. The van der Waals surface area contributed by atoms with Gasteiger partial charge in [0.2, 0.25) is 0 Å². The van der Waals surface area contributed by atoms with E-state index in [1.807, 2.05) is 0 Å². The summed E-state index contributed by atoms with van der Waals surface area (Å²) in [6.45, 7) is 10.8. The number of rotatable bonds is 4. The molecule has 1 N–H and O–H groups in total. The maximum absolute atomic E-state index is 4.79. The zero-order valence-electron chi connectivity index (χ0n) is 13.0. The van der Waals surface area contributed by atoms with Crippen molar-refractivity contribution < 1.29 is 0 Å². The summed E-state index contributed by atoms with van der Waals surface area (Å²) in [6, 6.07) is 10.6. The summed E-state index contributed by atoms with van der Waals surface area (Å²) >= 11 is 0. The molecule has 3 heteroatoms. The second-order valence-electron chi connectivity index (χ2n) is 6.31. The van der Waals surface area contributed by atoms with Gasteiger partial charge in [0.1, 0.15) is 0 Å². The van der Waals surface area contributed by atoms with Gasteiger partial charge in [-0.15, -0.1) is 0 Å². The van der Waals surface area contributed by atoms with Crippen molar-refractivity contribution in [3.63, 3.8) is 0 Å². The Balaban J connectivity index is 1.93. The van der Waals surface area contributed by atoms with E-state index in [1.165, 1.54) is 12.0 Å². The van der Waals surface area contributed by atoms with Crippen LogP contribution >= 0.6 is 0 Å². The van der Waals surface area contributed by atoms with Crippen molar-refractivity contribution in [2.24, 2.45) is 10.4 Å². The number of hydrogen-bond donors (Lipinski definition) is 1. The molecule has 0 aliphatic carbocycles. The molecule has 0 amide bonds. The number of hydrogen-bond acceptors (Lipinski definition) is 1. The Morgan fingerprint density at radius 3 is 2.65 bits per heavy atom. The van der Waals surface area contributed by atoms with E-state index >= 15 is 0 Å². The second-order valence-corrected chi connectivity index (χ2v) is 6.31. The number of likely N-dealkylation sites (tertiary alicyclic amines) is 1. The Morgan fingerprint density at radius 2 is 2.05 bits per heavy atom. The Kier molecular flexibility index (Phi) is 5.05. The highest BCUT2D eigenvalue weighted by atomic mass is 15.3. The maximum atomic E-state index is 4.79. The van der Waals surface area contributed by atoms with Crippen molar-refractivity contribution in [3.8, 4) is 0 Å². The first-order valence-electron chi connectivity index (χ1n) is 7.68. The van der Waals surface area contributed by atoms with E-state index in [-0.39, 0.29) is 0 Å². The molecule has 1 heterocycles. The molecular formula is C17H27N3. The zero-order valence-corrected chi connectivity index (χ0v) is 13.0. The Labute approximate surface area is 123 Å². The number of nitrogens with zero attached hydrogens (tertiary/aromatic N) is 2. The fraction of sp³-hybridized carbons (Fsp3) is 0.588. The lowest BCUT2D eigenvalue weighted by Crippen LogP contribution is -2.40. The minimum absolute atomic E-state index is 0.412. The lowest BCUT2D eigenvalue weighted by Gasteiger charge is -2.23. The van der Waals surface area contributed by atoms with Crippen LogP contribution in [0.2, 0.25) is 0 Å². The average Bonchev–Trinajstić information content (AvgIpc) is 2.79. The maximum Gasteiger partial charge on any atom is 0.193 e. The Morgan fingerprint density at radius 1 is 1.30 bits per heavy atom. The zero-order chi connectivity index (χ0) is 14.4. The van der Waals surface area contributed by atoms with E-state index in [9.17, 15) is 0 Å². The van der Waals surface area contributed by atoms with Gasteiger partial charge < -0.3 is 10.2 Å². The highest BCUT2D eigenvalue weighted by Gasteiger charge is 2.30. The minimum Gasteiger partial charge on any atom is -0.357 e. The number of guanidine groups is 1. The van der Waals surface area contributed by atoms with E-state index < -0.39 is 0 Å². The predicted molar refractivity (Wildman–Crippen MR) is 86.1 cm³/mol. The number of nitrogens with one attached hydrogen (secondary N) is 1. The van der Waals surface area contributed by atoms with E-state index in [1.54, 1.807) is 0 Å². The van der Waals surface area contributed by atoms with Gasteiger partial charge in [-0.05, 0) is 30.7 Å². The summed E-state index contributed by atoms with van der Waals surface area (Å²) in [7, 11) is 0. The average molecular weight is 273 g/mol. The van der Waals surface area contributed by atoms with Crippen LogP contribution in [0.1, 0.15) is 32.8 Å². The van der Waals surface area contributed by atoms with Gasteiger partial charge in [0.15, 0.2) is 5.96 Å². The van der Waals surface area contributed by atoms with Crippen LogP contribution in [-0.2, 0) is 6.42 Å². The quantitative estimate of drug-likeness (QED) is 0.675. The van der Waals surface area contributed by atoms with Crippen molar-refractivity contribution >= 4 is 5.96 Å². The molecular weight excluding hydrogens is 246 g/mol. The number of aliphatic imine (C=N–C) groups is 1. The third-order valence-electron chi connectivity index (χ3n) is 3.82. The number of benzene rings is 1. The van der Waals surface area contributed by atoms with Crippen LogP contribution in [0.3, 0.4) is 0 Å². The van der Waals surface area contributed by atoms with Gasteiger partial charge in [-0.25, -0.2) is 0 Å². The van der Waals surface area contributed by atoms with Crippen molar-refractivity contribution in [1.82, 2.24) is 10.2 Å². The van der Waals surface area contributed by atoms with Gasteiger partial charge in [-0.1, -0.05) is 44.2 Å². The molecule has 0 radical (unpaired) electrons. The van der Waals surface area contributed by atoms with Crippen molar-refractivity contribution in [2.75, 3.05) is 26.2 Å². The van der Waals surface area contributed by atoms with E-state index in [0.717, 1.165) is 38.6 Å². The lowest BCUT2D eigenvalue weighted by molar-refractivity contribution is 0.370. The smallest absolute Gasteiger partial charge is 0.193 e. The molecule has 1 fully saturated rings. The SMILES string of the molecule is CCNC(=NCCc1ccccc1)N1CCC(C)(C)C1. The molecule has 1 saturated heterocycles. The first-order valence-corrected chi connectivity index (χ1v) is 7.68. The molecule has 110 valence electrons. The summed E-state index contributed by atoms with van der Waals surface area (Å²) in [6.07, 6.45) is 2.25. The normalized spacial score (nSPS) is 18.4. The van der Waals surface area contributed by atoms with Gasteiger partial charge in [0, 0.05) is 26.2 Å². The van der Waals surface area contributed by atoms with Crippen LogP contribution in [-0.4, -0.2) is 37.0 Å². The van der Waals surface area contributed by atoms with Crippen LogP contribution in [0, 0.1) is 5.41 Å². The molecule has 1 aliphatic heterocycles. The van der Waals surface area contributed by atoms with E-state index in [0.29, 0.717) is 5.41 Å². The largest absolute Gasteiger partial charge is 0.357 e. The molecule has 0 unspecified atom stereocenters. The van der Waals surface area contributed by atoms with E-state index in [4.69, 9.17) is 4.99 Å². The first-order chi connectivity index (χ1) is 9.61. The van der Waals surface area contributed by atoms with Crippen LogP contribution in [0.4, 0.5) is 0 Å². The predicted octanol–water partition coefficient (Wildman–Crippen LogP) is 2.93. The molecule has 3 nitrogen and oxygen atoms in total. The molecule has 20 heavy (non-hydrogen) atoms. The third kappa shape index (κ3) is 4.26. The summed E-state index contributed by atoms with van der Waals surface area (Å²) in [5, 5.41) is 3.42. The highest BCUT2D eigenvalue weighted by molar-refractivity contribution is 5.80. The molecule has 0 spiro atoms. The summed E-state index contributed by atoms with van der Waals surface area (Å²) < 4.78 is 0. The first kappa shape index (κ1) is 14.9. The fourth-order valence-corrected chi connectivity index (χ4v) is 2.65. The minimum atomic E-state index is 0.412. The molecule has 2 rings (SSSR count). The molecule has 0 saturated carbocycles. The van der Waals surface area contributed by atoms with Crippen LogP contribution < -0.4 is 5.32 Å². The van der Waals surface area contributed by atoms with Gasteiger partial charge >= 0.3 is 0 Å². The van der Waals surface area contributed by atoms with Crippen molar-refractivity contribution in [3.05, 3.63) is 35.9 Å². The third-order valence-corrected chi connectivity index (χ3v) is 3.82. The summed E-state index contributed by atoms with van der Waals surface area (Å²) in [5.41, 5.74) is 1.77. The topological polar surface area (TPSA) is 27.6 Å². The van der Waals surface area contributed by atoms with E-state index in [2.05, 4.69) is 61.3 Å². The standard InChI is InChI=1S/C17H27N3/c1-4-18-16(20-13-11-17(2,3)14-20)19-12-10-15-8-6-5-7-9-15/h5-9H,4,10-14H2,1-3H3,(H,18,19). The molecule has 0 aromatic heterocycles.